The van der Waals surface area contributed by atoms with E-state index in [9.17, 15) is 0 Å². The highest BCUT2D eigenvalue weighted by atomic mass is 32.1. The summed E-state index contributed by atoms with van der Waals surface area (Å²) in [6.07, 6.45) is -1.24. The van der Waals surface area contributed by atoms with E-state index in [2.05, 4.69) is 9.97 Å². The number of aromatic nitrogens is 2. The van der Waals surface area contributed by atoms with Gasteiger partial charge < -0.3 is 9.80 Å². The van der Waals surface area contributed by atoms with Crippen molar-refractivity contribution in [1.82, 2.24) is 9.97 Å². The maximum absolute atomic E-state index is 9.15. The van der Waals surface area contributed by atoms with Crippen molar-refractivity contribution in [2.45, 2.75) is 0 Å². The molecule has 0 amide bonds. The van der Waals surface area contributed by atoms with Crippen LogP contribution < -0.4 is 25.5 Å². The van der Waals surface area contributed by atoms with Crippen molar-refractivity contribution in [2.24, 2.45) is 0 Å². The van der Waals surface area contributed by atoms with Crippen molar-refractivity contribution in [3.05, 3.63) is 152 Å². The maximum Gasteiger partial charge on any atom is 0.264 e. The van der Waals surface area contributed by atoms with Crippen LogP contribution >= 0.6 is 11.3 Å². The van der Waals surface area contributed by atoms with Crippen molar-refractivity contribution in [3.63, 3.8) is 0 Å². The predicted octanol–water partition coefficient (Wildman–Crippen LogP) is 8.59. The van der Waals surface area contributed by atoms with E-state index in [0.29, 0.717) is 44.5 Å². The Morgan fingerprint density at radius 1 is 0.630 bits per heavy atom. The average molecular weight is 617 g/mol. The predicted molar refractivity (Wildman–Crippen MR) is 194 cm³/mol. The number of para-hydroxylation sites is 2. The van der Waals surface area contributed by atoms with E-state index in [1.165, 1.54) is 0 Å². The third-order valence-corrected chi connectivity index (χ3v) is 9.85. The summed E-state index contributed by atoms with van der Waals surface area (Å²) in [5, 5.41) is 1.54. The summed E-state index contributed by atoms with van der Waals surface area (Å²) in [4.78, 5) is 11.6. The summed E-state index contributed by atoms with van der Waals surface area (Å²) in [6, 6.07) is 20.6. The van der Waals surface area contributed by atoms with Crippen LogP contribution in [0.15, 0.2) is 152 Å². The lowest BCUT2D eigenvalue weighted by molar-refractivity contribution is 1.17. The first-order valence-electron chi connectivity index (χ1n) is 20.6. The molecule has 46 heavy (non-hydrogen) atoms. The molecular formula is C40H25BN4S. The Morgan fingerprint density at radius 2 is 1.37 bits per heavy atom. The fourth-order valence-electron chi connectivity index (χ4n) is 6.81. The van der Waals surface area contributed by atoms with Gasteiger partial charge in [-0.25, -0.2) is 9.97 Å². The van der Waals surface area contributed by atoms with Crippen LogP contribution in [0.1, 0.15) is 16.4 Å². The fourth-order valence-corrected chi connectivity index (χ4v) is 8.13. The van der Waals surface area contributed by atoms with Crippen LogP contribution in [0.25, 0.3) is 32.0 Å². The topological polar surface area (TPSA) is 32.3 Å². The molecule has 214 valence electrons. The van der Waals surface area contributed by atoms with Crippen LogP contribution in [-0.4, -0.2) is 16.7 Å². The molecule has 0 spiro atoms. The van der Waals surface area contributed by atoms with Crippen molar-refractivity contribution in [2.75, 3.05) is 9.80 Å². The highest BCUT2D eigenvalue weighted by Crippen LogP contribution is 2.49. The molecule has 2 aliphatic heterocycles. The van der Waals surface area contributed by atoms with Gasteiger partial charge >= 0.3 is 0 Å². The normalized spacial score (nSPS) is 16.7. The summed E-state index contributed by atoms with van der Waals surface area (Å²) in [6.45, 7) is -0.449. The van der Waals surface area contributed by atoms with Gasteiger partial charge in [-0.05, 0) is 75.7 Å². The van der Waals surface area contributed by atoms with Gasteiger partial charge in [-0.15, -0.1) is 11.3 Å². The van der Waals surface area contributed by atoms with Crippen molar-refractivity contribution >= 4 is 88.7 Å². The summed E-state index contributed by atoms with van der Waals surface area (Å²) in [5.74, 6) is 0. The first-order chi connectivity index (χ1) is 27.8. The molecule has 0 bridgehead atoms. The Bertz CT molecular complexity index is 3110. The Kier molecular flexibility index (Phi) is 3.56. The van der Waals surface area contributed by atoms with E-state index in [4.69, 9.17) is 16.4 Å². The number of hydrogen-bond donors (Lipinski definition) is 0. The van der Waals surface area contributed by atoms with Crippen molar-refractivity contribution in [1.29, 1.82) is 0 Å². The fraction of sp³-hybridized carbons (Fsp3) is 0. The second kappa shape index (κ2) is 9.89. The lowest BCUT2D eigenvalue weighted by Gasteiger charge is -2.43. The molecule has 0 atom stereocenters. The molecule has 0 aliphatic carbocycles. The second-order valence-electron chi connectivity index (χ2n) is 11.0. The van der Waals surface area contributed by atoms with Gasteiger partial charge in [0.05, 0.1) is 20.8 Å². The zero-order valence-electron chi connectivity index (χ0n) is 35.8. The summed E-state index contributed by atoms with van der Waals surface area (Å²) < 4.78 is 106. The van der Waals surface area contributed by atoms with E-state index < -0.39 is 43.2 Å². The molecule has 0 saturated carbocycles. The molecule has 8 aromatic rings. The SMILES string of the molecule is [2H]c1nc([2H])c(-c2cc3c4c(c2)N(c2ccc5c([2H])c([2H])c([2H])c([2H])c5c2)c2c(sc5ccccc25)B4c2ccccc2N3c2c([2H])c([2H])c([2H])c([2H])c2[2H])c([2H])n1. The molecule has 0 fully saturated rings. The Labute approximate surface area is 287 Å². The second-order valence-corrected chi connectivity index (χ2v) is 12.1. The number of hydrogen-bond acceptors (Lipinski definition) is 5. The molecule has 10 rings (SSSR count). The number of nitrogens with zero attached hydrogens (tertiary/aromatic N) is 4. The Balaban J connectivity index is 1.40. The molecule has 0 saturated heterocycles. The third kappa shape index (κ3) is 3.68. The van der Waals surface area contributed by atoms with Gasteiger partial charge in [0.1, 0.15) is 7.67 Å². The average Bonchev–Trinajstić information content (AvgIpc) is 3.60. The maximum atomic E-state index is 9.15. The van der Waals surface area contributed by atoms with Crippen LogP contribution in [0.3, 0.4) is 0 Å². The van der Waals surface area contributed by atoms with Crippen molar-refractivity contribution in [3.8, 4) is 11.1 Å². The van der Waals surface area contributed by atoms with Crippen molar-refractivity contribution < 1.29 is 16.4 Å². The minimum Gasteiger partial charge on any atom is -0.311 e. The molecule has 6 heteroatoms. The smallest absolute Gasteiger partial charge is 0.264 e. The molecule has 6 aromatic carbocycles. The first-order valence-corrected chi connectivity index (χ1v) is 15.4. The van der Waals surface area contributed by atoms with E-state index in [1.807, 2.05) is 53.4 Å². The van der Waals surface area contributed by atoms with E-state index in [0.717, 1.165) is 26.0 Å². The summed E-state index contributed by atoms with van der Waals surface area (Å²) in [7, 11) is 0. The van der Waals surface area contributed by atoms with Gasteiger partial charge in [-0.2, -0.15) is 0 Å². The van der Waals surface area contributed by atoms with Gasteiger partial charge in [-0.3, -0.25) is 0 Å². The molecule has 4 heterocycles. The molecular weight excluding hydrogens is 579 g/mol. The number of anilines is 6. The summed E-state index contributed by atoms with van der Waals surface area (Å²) >= 11 is 1.59. The molecule has 2 aliphatic rings. The molecule has 2 aromatic heterocycles. The number of benzene rings is 6. The Morgan fingerprint density at radius 3 is 2.24 bits per heavy atom. The molecule has 4 nitrogen and oxygen atoms in total. The Hall–Kier alpha value is -5.72. The summed E-state index contributed by atoms with van der Waals surface area (Å²) in [5.41, 5.74) is 4.60. The number of fused-ring (bicyclic) bond motifs is 7. The van der Waals surface area contributed by atoms with E-state index in [1.54, 1.807) is 46.6 Å². The largest absolute Gasteiger partial charge is 0.311 e. The lowest BCUT2D eigenvalue weighted by atomic mass is 9.36. The minimum atomic E-state index is -0.543. The first kappa shape index (κ1) is 16.6. The zero-order chi connectivity index (χ0) is 40.6. The van der Waals surface area contributed by atoms with Crippen LogP contribution in [0.4, 0.5) is 34.1 Å². The zero-order valence-corrected chi connectivity index (χ0v) is 24.6. The van der Waals surface area contributed by atoms with Gasteiger partial charge in [0, 0.05) is 61.2 Å². The van der Waals surface area contributed by atoms with Gasteiger partial charge in [0.25, 0.3) is 6.71 Å². The number of thiophene rings is 1. The van der Waals surface area contributed by atoms with Gasteiger partial charge in [0.2, 0.25) is 0 Å². The number of rotatable bonds is 3. The minimum absolute atomic E-state index is 0.0139. The standard InChI is InChI=1S/C40H25BN4S/c1-2-12-30(13-3-1)44-34-16-8-7-15-33(34)41-38-35(44)21-28(29-23-42-25-43-24-29)22-36(38)45(31-19-18-26-10-4-5-11-27(26)20-31)39-32-14-6-9-17-37(32)46-40(39)41/h1-25H/i1D,2D,3D,4D,5D,10D,11D,12D,13D,23D,24D,25D. The molecule has 0 unspecified atom stereocenters. The van der Waals surface area contributed by atoms with E-state index in [-0.39, 0.29) is 47.8 Å². The quantitative estimate of drug-likeness (QED) is 0.186. The van der Waals surface area contributed by atoms with E-state index >= 15 is 0 Å². The third-order valence-electron chi connectivity index (χ3n) is 8.63. The highest BCUT2D eigenvalue weighted by Gasteiger charge is 2.45. The lowest BCUT2D eigenvalue weighted by Crippen LogP contribution is -2.60. The van der Waals surface area contributed by atoms with Crippen LogP contribution in [0.5, 0.6) is 0 Å². The molecule has 0 N–H and O–H groups in total. The van der Waals surface area contributed by atoms with Gasteiger partial charge in [0.15, 0.2) is 0 Å². The highest BCUT2D eigenvalue weighted by molar-refractivity contribution is 7.33. The van der Waals surface area contributed by atoms with Crippen LogP contribution in [0, 0.1) is 0 Å². The van der Waals surface area contributed by atoms with Crippen LogP contribution in [0.2, 0.25) is 0 Å². The van der Waals surface area contributed by atoms with Gasteiger partial charge in [-0.1, -0.05) is 84.8 Å². The molecule has 0 radical (unpaired) electrons. The monoisotopic (exact) mass is 616 g/mol. The van der Waals surface area contributed by atoms with Crippen LogP contribution in [-0.2, 0) is 0 Å².